The predicted octanol–water partition coefficient (Wildman–Crippen LogP) is 2.98. The summed E-state index contributed by atoms with van der Waals surface area (Å²) in [7, 11) is 1.54. The number of benzene rings is 2. The number of carbonyl (C=O) groups excluding carboxylic acids is 2. The Morgan fingerprint density at radius 1 is 1.14 bits per heavy atom. The number of hydrogen-bond donors (Lipinski definition) is 3. The van der Waals surface area contributed by atoms with Crippen molar-refractivity contribution in [1.29, 1.82) is 0 Å². The highest BCUT2D eigenvalue weighted by molar-refractivity contribution is 7.80. The van der Waals surface area contributed by atoms with Gasteiger partial charge in [0.25, 0.3) is 5.91 Å². The first-order chi connectivity index (χ1) is 13.2. The highest BCUT2D eigenvalue weighted by Gasteiger charge is 2.50. The van der Waals surface area contributed by atoms with E-state index < -0.39 is 17.5 Å². The van der Waals surface area contributed by atoms with Crippen LogP contribution >= 0.6 is 12.2 Å². The molecule has 3 N–H and O–H groups in total. The monoisotopic (exact) mass is 398 g/mol. The maximum Gasteiger partial charge on any atom is 0.344 e. The zero-order valence-electron chi connectivity index (χ0n) is 16.1. The van der Waals surface area contributed by atoms with Crippen LogP contribution in [0.5, 0.6) is 5.75 Å². The first-order valence-corrected chi connectivity index (χ1v) is 9.11. The van der Waals surface area contributed by atoms with Gasteiger partial charge in [0.15, 0.2) is 5.11 Å². The number of thiocarbonyl (C=S) groups is 1. The first-order valence-electron chi connectivity index (χ1n) is 8.70. The molecular formula is C20H22N4O3S. The summed E-state index contributed by atoms with van der Waals surface area (Å²) in [5.74, 6) is 0.134. The number of anilines is 1. The summed E-state index contributed by atoms with van der Waals surface area (Å²) in [4.78, 5) is 25.4. The number of nitrogens with zero attached hydrogens (tertiary/aromatic N) is 1. The molecule has 0 aromatic heterocycles. The molecule has 0 saturated carbocycles. The van der Waals surface area contributed by atoms with Crippen molar-refractivity contribution in [2.45, 2.75) is 26.3 Å². The van der Waals surface area contributed by atoms with Gasteiger partial charge in [0.1, 0.15) is 11.3 Å². The molecule has 1 aliphatic rings. The van der Waals surface area contributed by atoms with Crippen LogP contribution in [0, 0.1) is 13.8 Å². The third kappa shape index (κ3) is 3.77. The van der Waals surface area contributed by atoms with Crippen LogP contribution in [0.15, 0.2) is 42.5 Å². The molecule has 7 nitrogen and oxygen atoms in total. The summed E-state index contributed by atoms with van der Waals surface area (Å²) >= 11 is 5.28. The molecule has 1 fully saturated rings. The molecule has 28 heavy (non-hydrogen) atoms. The molecule has 0 spiro atoms. The van der Waals surface area contributed by atoms with Gasteiger partial charge in [0.2, 0.25) is 0 Å². The zero-order chi connectivity index (χ0) is 20.5. The van der Waals surface area contributed by atoms with Crippen molar-refractivity contribution in [3.8, 4) is 5.75 Å². The molecule has 2 aromatic carbocycles. The third-order valence-corrected chi connectivity index (χ3v) is 4.72. The standard InChI is InChI=1S/C20H22N4O3S/c1-12-8-13(2)10-15(9-12)21-18(28)23-24-17(25)20(3,22-19(24)26)14-6-5-7-16(11-14)27-4/h5-11H,1-4H3,(H,22,26)(H2,21,23,28). The average molecular weight is 398 g/mol. The second kappa shape index (κ2) is 7.47. The summed E-state index contributed by atoms with van der Waals surface area (Å²) < 4.78 is 5.21. The van der Waals surface area contributed by atoms with E-state index in [9.17, 15) is 9.59 Å². The molecule has 146 valence electrons. The van der Waals surface area contributed by atoms with Gasteiger partial charge >= 0.3 is 6.03 Å². The highest BCUT2D eigenvalue weighted by atomic mass is 32.1. The Balaban J connectivity index is 1.77. The molecule has 2 aromatic rings. The van der Waals surface area contributed by atoms with Crippen LogP contribution in [-0.2, 0) is 10.3 Å². The van der Waals surface area contributed by atoms with Crippen molar-refractivity contribution < 1.29 is 14.3 Å². The molecule has 1 heterocycles. The Labute approximate surface area is 169 Å². The van der Waals surface area contributed by atoms with Crippen molar-refractivity contribution in [2.75, 3.05) is 12.4 Å². The number of methoxy groups -OCH3 is 1. The summed E-state index contributed by atoms with van der Waals surface area (Å²) in [5.41, 5.74) is 4.99. The number of ether oxygens (including phenoxy) is 1. The van der Waals surface area contributed by atoms with Crippen LogP contribution in [0.4, 0.5) is 10.5 Å². The van der Waals surface area contributed by atoms with Gasteiger partial charge in [0, 0.05) is 5.69 Å². The van der Waals surface area contributed by atoms with Gasteiger partial charge in [-0.1, -0.05) is 18.2 Å². The van der Waals surface area contributed by atoms with Crippen molar-refractivity contribution in [3.05, 3.63) is 59.2 Å². The van der Waals surface area contributed by atoms with E-state index in [0.717, 1.165) is 21.8 Å². The van der Waals surface area contributed by atoms with Crippen LogP contribution in [0.25, 0.3) is 0 Å². The molecule has 1 atom stereocenters. The minimum atomic E-state index is -1.23. The van der Waals surface area contributed by atoms with Crippen LogP contribution in [0.1, 0.15) is 23.6 Å². The van der Waals surface area contributed by atoms with Gasteiger partial charge in [-0.3, -0.25) is 10.2 Å². The molecule has 3 amide bonds. The lowest BCUT2D eigenvalue weighted by Gasteiger charge is -2.23. The van der Waals surface area contributed by atoms with Crippen molar-refractivity contribution in [3.63, 3.8) is 0 Å². The predicted molar refractivity (Wildman–Crippen MR) is 111 cm³/mol. The SMILES string of the molecule is COc1cccc(C2(C)NC(=O)N(NC(=S)Nc3cc(C)cc(C)c3)C2=O)c1. The van der Waals surface area contributed by atoms with Crippen molar-refractivity contribution in [1.82, 2.24) is 15.8 Å². The number of aryl methyl sites for hydroxylation is 2. The second-order valence-electron chi connectivity index (χ2n) is 6.87. The van der Waals surface area contributed by atoms with Gasteiger partial charge in [-0.2, -0.15) is 5.01 Å². The number of hydrazine groups is 1. The number of nitrogens with one attached hydrogen (secondary N) is 3. The second-order valence-corrected chi connectivity index (χ2v) is 7.28. The minimum Gasteiger partial charge on any atom is -0.497 e. The Hall–Kier alpha value is -3.13. The topological polar surface area (TPSA) is 82.7 Å². The summed E-state index contributed by atoms with van der Waals surface area (Å²) in [6, 6.07) is 12.3. The maximum absolute atomic E-state index is 13.0. The lowest BCUT2D eigenvalue weighted by molar-refractivity contribution is -0.132. The summed E-state index contributed by atoms with van der Waals surface area (Å²) in [6.45, 7) is 5.60. The fraction of sp³-hybridized carbons (Fsp3) is 0.250. The van der Waals surface area contributed by atoms with Gasteiger partial charge in [-0.05, 0) is 73.9 Å². The molecule has 8 heteroatoms. The Morgan fingerprint density at radius 3 is 2.46 bits per heavy atom. The fourth-order valence-corrected chi connectivity index (χ4v) is 3.39. The molecule has 1 saturated heterocycles. The van der Waals surface area contributed by atoms with Crippen LogP contribution in [0.3, 0.4) is 0 Å². The number of hydrogen-bond acceptors (Lipinski definition) is 4. The highest BCUT2D eigenvalue weighted by Crippen LogP contribution is 2.30. The zero-order valence-corrected chi connectivity index (χ0v) is 16.9. The quantitative estimate of drug-likeness (QED) is 0.543. The van der Waals surface area contributed by atoms with Crippen LogP contribution in [0.2, 0.25) is 0 Å². The van der Waals surface area contributed by atoms with Gasteiger partial charge in [0.05, 0.1) is 7.11 Å². The smallest absolute Gasteiger partial charge is 0.344 e. The number of urea groups is 1. The summed E-state index contributed by atoms with van der Waals surface area (Å²) in [5, 5.41) is 6.75. The maximum atomic E-state index is 13.0. The Bertz CT molecular complexity index is 942. The van der Waals surface area contributed by atoms with Crippen LogP contribution < -0.4 is 20.8 Å². The third-order valence-electron chi connectivity index (χ3n) is 4.53. The Morgan fingerprint density at radius 2 is 1.82 bits per heavy atom. The summed E-state index contributed by atoms with van der Waals surface area (Å²) in [6.07, 6.45) is 0. The molecular weight excluding hydrogens is 376 g/mol. The number of rotatable bonds is 4. The van der Waals surface area contributed by atoms with E-state index in [4.69, 9.17) is 17.0 Å². The van der Waals surface area contributed by atoms with Gasteiger partial charge < -0.3 is 15.4 Å². The lowest BCUT2D eigenvalue weighted by Crippen LogP contribution is -2.49. The molecule has 1 unspecified atom stereocenters. The first kappa shape index (κ1) is 19.6. The van der Waals surface area contributed by atoms with Crippen LogP contribution in [-0.4, -0.2) is 29.2 Å². The molecule has 0 bridgehead atoms. The molecule has 0 aliphatic carbocycles. The number of imide groups is 1. The minimum absolute atomic E-state index is 0.142. The van der Waals surface area contributed by atoms with E-state index in [0.29, 0.717) is 11.3 Å². The van der Waals surface area contributed by atoms with E-state index in [1.165, 1.54) is 0 Å². The van der Waals surface area contributed by atoms with E-state index >= 15 is 0 Å². The molecule has 0 radical (unpaired) electrons. The number of amides is 3. The average Bonchev–Trinajstić information content (AvgIpc) is 2.85. The van der Waals surface area contributed by atoms with E-state index in [1.54, 1.807) is 38.3 Å². The Kier molecular flexibility index (Phi) is 5.24. The lowest BCUT2D eigenvalue weighted by atomic mass is 9.92. The van der Waals surface area contributed by atoms with Crippen molar-refractivity contribution >= 4 is 35.0 Å². The van der Waals surface area contributed by atoms with Gasteiger partial charge in [-0.25, -0.2) is 4.79 Å². The van der Waals surface area contributed by atoms with Crippen molar-refractivity contribution in [2.24, 2.45) is 0 Å². The largest absolute Gasteiger partial charge is 0.497 e. The molecule has 3 rings (SSSR count). The fourth-order valence-electron chi connectivity index (χ4n) is 3.18. The van der Waals surface area contributed by atoms with E-state index in [-0.39, 0.29) is 5.11 Å². The molecule has 1 aliphatic heterocycles. The number of carbonyl (C=O) groups is 2. The normalized spacial score (nSPS) is 18.6. The van der Waals surface area contributed by atoms with E-state index in [1.807, 2.05) is 32.0 Å². The van der Waals surface area contributed by atoms with Gasteiger partial charge in [-0.15, -0.1) is 0 Å². The van der Waals surface area contributed by atoms with E-state index in [2.05, 4.69) is 16.1 Å².